The van der Waals surface area contributed by atoms with Crippen molar-refractivity contribution in [2.75, 3.05) is 7.11 Å². The highest BCUT2D eigenvalue weighted by atomic mass is 32.2. The van der Waals surface area contributed by atoms with Crippen LogP contribution in [-0.2, 0) is 25.0 Å². The number of carbonyl (C=O) groups excluding carboxylic acids is 2. The summed E-state index contributed by atoms with van der Waals surface area (Å²) >= 11 is 0. The molecule has 0 aromatic heterocycles. The highest BCUT2D eigenvalue weighted by molar-refractivity contribution is 7.89. The van der Waals surface area contributed by atoms with Gasteiger partial charge in [0.2, 0.25) is 10.0 Å². The summed E-state index contributed by atoms with van der Waals surface area (Å²) in [5.41, 5.74) is -0.710. The molecule has 0 aliphatic carbocycles. The van der Waals surface area contributed by atoms with Gasteiger partial charge < -0.3 is 9.84 Å². The molecule has 0 unspecified atom stereocenters. The molecule has 0 heterocycles. The number of sulfonamides is 1. The van der Waals surface area contributed by atoms with Gasteiger partial charge in [0.1, 0.15) is 5.75 Å². The maximum Gasteiger partial charge on any atom is 0.315 e. The Morgan fingerprint density at radius 1 is 1.10 bits per heavy atom. The van der Waals surface area contributed by atoms with Crippen molar-refractivity contribution in [3.8, 4) is 16.9 Å². The number of aldehydes is 1. The molecule has 0 aliphatic heterocycles. The number of benzene rings is 2. The minimum Gasteiger partial charge on any atom is -0.507 e. The molecular formula is C22H27NO6S. The van der Waals surface area contributed by atoms with Crippen LogP contribution in [0.2, 0.25) is 0 Å². The van der Waals surface area contributed by atoms with Crippen LogP contribution < -0.4 is 4.72 Å². The van der Waals surface area contributed by atoms with E-state index in [0.717, 1.165) is 0 Å². The summed E-state index contributed by atoms with van der Waals surface area (Å²) in [4.78, 5) is 23.8. The zero-order valence-corrected chi connectivity index (χ0v) is 18.8. The van der Waals surface area contributed by atoms with Gasteiger partial charge in [-0.1, -0.05) is 12.1 Å². The van der Waals surface area contributed by atoms with Crippen LogP contribution >= 0.6 is 0 Å². The van der Waals surface area contributed by atoms with Crippen LogP contribution in [-0.4, -0.2) is 38.4 Å². The number of aromatic hydroxyl groups is 1. The summed E-state index contributed by atoms with van der Waals surface area (Å²) in [6, 6.07) is 9.00. The molecule has 0 radical (unpaired) electrons. The van der Waals surface area contributed by atoms with E-state index in [9.17, 15) is 23.1 Å². The predicted octanol–water partition coefficient (Wildman–Crippen LogP) is 3.40. The molecule has 0 fully saturated rings. The largest absolute Gasteiger partial charge is 0.507 e. The summed E-state index contributed by atoms with van der Waals surface area (Å²) in [6.07, 6.45) is 0.484. The van der Waals surface area contributed by atoms with Crippen LogP contribution in [0.4, 0.5) is 0 Å². The summed E-state index contributed by atoms with van der Waals surface area (Å²) < 4.78 is 32.8. The summed E-state index contributed by atoms with van der Waals surface area (Å²) in [5.74, 6) is -0.811. The van der Waals surface area contributed by atoms with Crippen molar-refractivity contribution < 1.29 is 27.9 Å². The van der Waals surface area contributed by atoms with E-state index in [2.05, 4.69) is 4.72 Å². The minimum absolute atomic E-state index is 0.0134. The first-order chi connectivity index (χ1) is 13.7. The van der Waals surface area contributed by atoms with E-state index in [0.29, 0.717) is 17.4 Å². The zero-order valence-electron chi connectivity index (χ0n) is 17.9. The van der Waals surface area contributed by atoms with Gasteiger partial charge in [-0.3, -0.25) is 9.59 Å². The van der Waals surface area contributed by atoms with Gasteiger partial charge in [-0.2, -0.15) is 0 Å². The monoisotopic (exact) mass is 433 g/mol. The molecule has 30 heavy (non-hydrogen) atoms. The fourth-order valence-corrected chi connectivity index (χ4v) is 4.46. The van der Waals surface area contributed by atoms with E-state index in [1.54, 1.807) is 52.8 Å². The Bertz CT molecular complexity index is 1080. The molecule has 0 saturated carbocycles. The maximum atomic E-state index is 12.7. The molecule has 2 rings (SSSR count). The Balaban J connectivity index is 2.69. The van der Waals surface area contributed by atoms with Crippen molar-refractivity contribution >= 4 is 22.3 Å². The molecule has 0 aliphatic rings. The number of hydrogen-bond donors (Lipinski definition) is 2. The molecule has 0 bridgehead atoms. The zero-order chi connectivity index (χ0) is 22.9. The fraction of sp³-hybridized carbons (Fsp3) is 0.364. The lowest BCUT2D eigenvalue weighted by Gasteiger charge is -2.24. The van der Waals surface area contributed by atoms with Crippen LogP contribution in [0.25, 0.3) is 11.1 Å². The van der Waals surface area contributed by atoms with Gasteiger partial charge >= 0.3 is 5.97 Å². The Labute approximate surface area is 177 Å². The number of ether oxygens (including phenoxy) is 1. The van der Waals surface area contributed by atoms with Crippen molar-refractivity contribution in [1.82, 2.24) is 4.72 Å². The van der Waals surface area contributed by atoms with Crippen molar-refractivity contribution in [2.45, 2.75) is 50.5 Å². The first-order valence-electron chi connectivity index (χ1n) is 9.28. The van der Waals surface area contributed by atoms with Gasteiger partial charge in [0.25, 0.3) is 0 Å². The number of hydrogen-bond acceptors (Lipinski definition) is 6. The first kappa shape index (κ1) is 23.6. The van der Waals surface area contributed by atoms with Gasteiger partial charge in [0.15, 0.2) is 6.29 Å². The highest BCUT2D eigenvalue weighted by Gasteiger charge is 2.32. The van der Waals surface area contributed by atoms with Crippen LogP contribution in [0.5, 0.6) is 5.75 Å². The third-order valence-corrected chi connectivity index (χ3v) is 6.34. The van der Waals surface area contributed by atoms with Crippen LogP contribution in [0.3, 0.4) is 0 Å². The summed E-state index contributed by atoms with van der Waals surface area (Å²) in [5, 5.41) is 10.6. The lowest BCUT2D eigenvalue weighted by Crippen LogP contribution is -2.40. The van der Waals surface area contributed by atoms with Gasteiger partial charge in [-0.15, -0.1) is 0 Å². The van der Waals surface area contributed by atoms with Crippen LogP contribution in [0, 0.1) is 0 Å². The molecular weight excluding hydrogens is 406 g/mol. The lowest BCUT2D eigenvalue weighted by molar-refractivity contribution is -0.146. The molecule has 0 amide bonds. The normalized spacial score (nSPS) is 12.5. The molecule has 8 heteroatoms. The van der Waals surface area contributed by atoms with E-state index in [1.807, 2.05) is 0 Å². The van der Waals surface area contributed by atoms with Gasteiger partial charge in [0.05, 0.1) is 23.0 Å². The first-order valence-corrected chi connectivity index (χ1v) is 10.8. The number of nitrogens with one attached hydrogen (secondary N) is 1. The van der Waals surface area contributed by atoms with Crippen molar-refractivity contribution in [3.05, 3.63) is 47.5 Å². The second kappa shape index (κ2) is 8.20. The molecule has 0 saturated heterocycles. The quantitative estimate of drug-likeness (QED) is 0.534. The van der Waals surface area contributed by atoms with E-state index in [4.69, 9.17) is 4.74 Å². The van der Waals surface area contributed by atoms with Crippen molar-refractivity contribution in [1.29, 1.82) is 0 Å². The van der Waals surface area contributed by atoms with E-state index < -0.39 is 26.9 Å². The predicted molar refractivity (Wildman–Crippen MR) is 114 cm³/mol. The average Bonchev–Trinajstić information content (AvgIpc) is 2.65. The highest BCUT2D eigenvalue weighted by Crippen LogP contribution is 2.38. The molecule has 2 aromatic carbocycles. The topological polar surface area (TPSA) is 110 Å². The summed E-state index contributed by atoms with van der Waals surface area (Å²) in [7, 11) is -2.54. The van der Waals surface area contributed by atoms with Crippen molar-refractivity contribution in [3.63, 3.8) is 0 Å². The number of phenols is 1. The standard InChI is InChI=1S/C22H27NO6S/c1-21(2,3)23-30(27,28)17-9-7-8-14(11-17)18-12-16(10-15(13-24)19(18)25)22(4,5)20(26)29-6/h7-13,23,25H,1-6H3. The van der Waals surface area contributed by atoms with Gasteiger partial charge in [0, 0.05) is 11.1 Å². The van der Waals surface area contributed by atoms with E-state index >= 15 is 0 Å². The smallest absolute Gasteiger partial charge is 0.315 e. The number of rotatable bonds is 6. The summed E-state index contributed by atoms with van der Waals surface area (Å²) in [6.45, 7) is 8.47. The van der Waals surface area contributed by atoms with Gasteiger partial charge in [-0.25, -0.2) is 13.1 Å². The molecule has 162 valence electrons. The molecule has 2 aromatic rings. The number of methoxy groups -OCH3 is 1. The average molecular weight is 434 g/mol. The van der Waals surface area contributed by atoms with E-state index in [-0.39, 0.29) is 21.8 Å². The fourth-order valence-electron chi connectivity index (χ4n) is 2.99. The van der Waals surface area contributed by atoms with Crippen LogP contribution in [0.1, 0.15) is 50.5 Å². The minimum atomic E-state index is -3.81. The van der Waals surface area contributed by atoms with Gasteiger partial charge in [-0.05, 0) is 70.0 Å². The SMILES string of the molecule is COC(=O)C(C)(C)c1cc(C=O)c(O)c(-c2cccc(S(=O)(=O)NC(C)(C)C)c2)c1. The molecule has 7 nitrogen and oxygen atoms in total. The second-order valence-electron chi connectivity index (χ2n) is 8.58. The Morgan fingerprint density at radius 3 is 2.27 bits per heavy atom. The van der Waals surface area contributed by atoms with Crippen molar-refractivity contribution in [2.24, 2.45) is 0 Å². The number of carbonyl (C=O) groups is 2. The van der Waals surface area contributed by atoms with Crippen LogP contribution in [0.15, 0.2) is 41.3 Å². The van der Waals surface area contributed by atoms with E-state index in [1.165, 1.54) is 25.3 Å². The lowest BCUT2D eigenvalue weighted by atomic mass is 9.82. The Kier molecular flexibility index (Phi) is 6.44. The number of esters is 1. The Morgan fingerprint density at radius 2 is 1.73 bits per heavy atom. The second-order valence-corrected chi connectivity index (χ2v) is 10.3. The molecule has 2 N–H and O–H groups in total. The molecule has 0 spiro atoms. The third kappa shape index (κ3) is 4.88. The maximum absolute atomic E-state index is 12.7. The number of phenolic OH excluding ortho intramolecular Hbond substituents is 1. The Hall–Kier alpha value is -2.71. The third-order valence-electron chi connectivity index (χ3n) is 4.58. The molecule has 0 atom stereocenters.